The maximum atomic E-state index is 12.8. The maximum Gasteiger partial charge on any atom is 0.573 e. The van der Waals surface area contributed by atoms with E-state index < -0.39 is 11.3 Å². The number of alkyl halides is 3. The number of benzene rings is 1. The predicted octanol–water partition coefficient (Wildman–Crippen LogP) is 4.52. The molecule has 0 unspecified atom stereocenters. The molecule has 2 aromatic heterocycles. The number of aromatic nitrogens is 2. The predicted molar refractivity (Wildman–Crippen MR) is 97.0 cm³/mol. The van der Waals surface area contributed by atoms with Crippen LogP contribution in [0.1, 0.15) is 35.1 Å². The smallest absolute Gasteiger partial charge is 0.406 e. The molecule has 0 aliphatic rings. The highest BCUT2D eigenvalue weighted by molar-refractivity contribution is 5.96. The molecule has 7 nitrogen and oxygen atoms in total. The van der Waals surface area contributed by atoms with Gasteiger partial charge >= 0.3 is 6.36 Å². The van der Waals surface area contributed by atoms with Crippen LogP contribution in [0.4, 0.5) is 18.9 Å². The molecule has 10 heteroatoms. The fourth-order valence-electron chi connectivity index (χ4n) is 2.97. The van der Waals surface area contributed by atoms with E-state index in [0.717, 1.165) is 0 Å². The number of ketones is 1. The van der Waals surface area contributed by atoms with Gasteiger partial charge in [0.15, 0.2) is 5.78 Å². The highest BCUT2D eigenvalue weighted by Gasteiger charge is 2.31. The Hall–Kier alpha value is -3.43. The Kier molecular flexibility index (Phi) is 5.53. The van der Waals surface area contributed by atoms with Gasteiger partial charge in [0.1, 0.15) is 17.1 Å². The second-order valence-corrected chi connectivity index (χ2v) is 6.25. The number of rotatable bonds is 7. The summed E-state index contributed by atoms with van der Waals surface area (Å²) in [6.07, 6.45) is -2.42. The van der Waals surface area contributed by atoms with Crippen molar-refractivity contribution >= 4 is 17.1 Å². The van der Waals surface area contributed by atoms with Gasteiger partial charge in [0, 0.05) is 18.7 Å². The average Bonchev–Trinajstić information content (AvgIpc) is 3.03. The number of halogens is 3. The molecule has 29 heavy (non-hydrogen) atoms. The Balaban J connectivity index is 1.77. The standard InChI is InChI=1S/C19H16F3N3O4/c1-2-15-18(24-10-9-13(25(27)28)11-17(24)23-15)16(26)8-5-12-3-6-14(7-4-12)29-19(20,21)22/h3-4,6-7,9-11H,2,5,8H2,1H3. The second kappa shape index (κ2) is 7.90. The number of imidazole rings is 1. The van der Waals surface area contributed by atoms with Gasteiger partial charge in [0.2, 0.25) is 0 Å². The molecule has 0 aliphatic carbocycles. The molecule has 0 fully saturated rings. The third-order valence-electron chi connectivity index (χ3n) is 4.29. The van der Waals surface area contributed by atoms with E-state index in [1.807, 2.05) is 6.92 Å². The van der Waals surface area contributed by atoms with Crippen molar-refractivity contribution in [1.29, 1.82) is 0 Å². The largest absolute Gasteiger partial charge is 0.573 e. The molecule has 0 saturated carbocycles. The van der Waals surface area contributed by atoms with E-state index in [4.69, 9.17) is 0 Å². The van der Waals surface area contributed by atoms with Crippen LogP contribution in [0.3, 0.4) is 0 Å². The van der Waals surface area contributed by atoms with Gasteiger partial charge in [-0.05, 0) is 30.5 Å². The van der Waals surface area contributed by atoms with Crippen molar-refractivity contribution in [1.82, 2.24) is 9.38 Å². The Morgan fingerprint density at radius 2 is 1.93 bits per heavy atom. The number of nitrogens with zero attached hydrogens (tertiary/aromatic N) is 3. The van der Waals surface area contributed by atoms with Crippen molar-refractivity contribution in [2.75, 3.05) is 0 Å². The number of nitro groups is 1. The maximum absolute atomic E-state index is 12.8. The lowest BCUT2D eigenvalue weighted by molar-refractivity contribution is -0.384. The summed E-state index contributed by atoms with van der Waals surface area (Å²) in [5, 5.41) is 10.9. The first-order valence-corrected chi connectivity index (χ1v) is 8.71. The van der Waals surface area contributed by atoms with Crippen LogP contribution < -0.4 is 4.74 Å². The van der Waals surface area contributed by atoms with E-state index in [0.29, 0.717) is 35.4 Å². The van der Waals surface area contributed by atoms with Crippen molar-refractivity contribution in [3.05, 3.63) is 69.7 Å². The normalized spacial score (nSPS) is 11.6. The fourth-order valence-corrected chi connectivity index (χ4v) is 2.97. The summed E-state index contributed by atoms with van der Waals surface area (Å²) in [5.41, 5.74) is 1.76. The minimum atomic E-state index is -4.76. The Bertz CT molecular complexity index is 1060. The molecule has 0 atom stereocenters. The van der Waals surface area contributed by atoms with Gasteiger partial charge in [-0.3, -0.25) is 19.3 Å². The molecule has 0 saturated heterocycles. The lowest BCUT2D eigenvalue weighted by Gasteiger charge is -2.09. The molecular weight excluding hydrogens is 391 g/mol. The number of Topliss-reactive ketones (excluding diaryl/α,β-unsaturated/α-hetero) is 1. The number of carbonyl (C=O) groups is 1. The van der Waals surface area contributed by atoms with Crippen LogP contribution in [-0.2, 0) is 12.8 Å². The topological polar surface area (TPSA) is 86.7 Å². The van der Waals surface area contributed by atoms with Gasteiger partial charge in [-0.25, -0.2) is 4.98 Å². The van der Waals surface area contributed by atoms with E-state index in [1.54, 1.807) is 0 Å². The molecule has 3 aromatic rings. The highest BCUT2D eigenvalue weighted by atomic mass is 19.4. The molecule has 0 spiro atoms. The Morgan fingerprint density at radius 1 is 1.24 bits per heavy atom. The Morgan fingerprint density at radius 3 is 2.52 bits per heavy atom. The lowest BCUT2D eigenvalue weighted by atomic mass is 10.0. The van der Waals surface area contributed by atoms with Gasteiger partial charge in [-0.1, -0.05) is 19.1 Å². The zero-order valence-electron chi connectivity index (χ0n) is 15.3. The summed E-state index contributed by atoms with van der Waals surface area (Å²) >= 11 is 0. The molecule has 0 N–H and O–H groups in total. The first-order chi connectivity index (χ1) is 13.7. The summed E-state index contributed by atoms with van der Waals surface area (Å²) in [6, 6.07) is 7.91. The SMILES string of the molecule is CCc1nc2cc([N+](=O)[O-])ccn2c1C(=O)CCc1ccc(OC(F)(F)F)cc1. The number of aryl methyl sites for hydroxylation is 2. The molecule has 3 rings (SSSR count). The lowest BCUT2D eigenvalue weighted by Crippen LogP contribution is -2.17. The molecule has 2 heterocycles. The van der Waals surface area contributed by atoms with Gasteiger partial charge in [0.25, 0.3) is 5.69 Å². The second-order valence-electron chi connectivity index (χ2n) is 6.25. The van der Waals surface area contributed by atoms with Crippen molar-refractivity contribution in [3.63, 3.8) is 0 Å². The van der Waals surface area contributed by atoms with Crippen LogP contribution in [0.5, 0.6) is 5.75 Å². The third-order valence-corrected chi connectivity index (χ3v) is 4.29. The quantitative estimate of drug-likeness (QED) is 0.327. The van der Waals surface area contributed by atoms with Crippen LogP contribution in [0, 0.1) is 10.1 Å². The molecule has 0 bridgehead atoms. The van der Waals surface area contributed by atoms with Crippen LogP contribution >= 0.6 is 0 Å². The van der Waals surface area contributed by atoms with Crippen LogP contribution in [0.15, 0.2) is 42.6 Å². The van der Waals surface area contributed by atoms with E-state index >= 15 is 0 Å². The number of fused-ring (bicyclic) bond motifs is 1. The number of carbonyl (C=O) groups excluding carboxylic acids is 1. The van der Waals surface area contributed by atoms with Crippen LogP contribution in [0.25, 0.3) is 5.65 Å². The molecule has 0 aliphatic heterocycles. The zero-order chi connectivity index (χ0) is 21.2. The number of pyridine rings is 1. The first-order valence-electron chi connectivity index (χ1n) is 8.71. The van der Waals surface area contributed by atoms with E-state index in [9.17, 15) is 28.1 Å². The van der Waals surface area contributed by atoms with Gasteiger partial charge in [-0.15, -0.1) is 13.2 Å². The van der Waals surface area contributed by atoms with Crippen molar-refractivity contribution < 1.29 is 27.6 Å². The minimum Gasteiger partial charge on any atom is -0.406 e. The molecule has 0 radical (unpaired) electrons. The van der Waals surface area contributed by atoms with Gasteiger partial charge in [-0.2, -0.15) is 0 Å². The summed E-state index contributed by atoms with van der Waals surface area (Å²) in [4.78, 5) is 27.5. The summed E-state index contributed by atoms with van der Waals surface area (Å²) in [5.74, 6) is -0.539. The van der Waals surface area contributed by atoms with E-state index in [1.165, 1.54) is 47.0 Å². The average molecular weight is 407 g/mol. The van der Waals surface area contributed by atoms with E-state index in [2.05, 4.69) is 9.72 Å². The fraction of sp³-hybridized carbons (Fsp3) is 0.263. The molecule has 1 aromatic carbocycles. The van der Waals surface area contributed by atoms with E-state index in [-0.39, 0.29) is 23.6 Å². The van der Waals surface area contributed by atoms with Crippen LogP contribution in [0.2, 0.25) is 0 Å². The summed E-state index contributed by atoms with van der Waals surface area (Å²) < 4.78 is 42.0. The molecule has 0 amide bonds. The molecular formula is C19H16F3N3O4. The monoisotopic (exact) mass is 407 g/mol. The van der Waals surface area contributed by atoms with Gasteiger partial charge < -0.3 is 4.74 Å². The van der Waals surface area contributed by atoms with Crippen LogP contribution in [-0.4, -0.2) is 26.5 Å². The van der Waals surface area contributed by atoms with Gasteiger partial charge in [0.05, 0.1) is 16.7 Å². The summed E-state index contributed by atoms with van der Waals surface area (Å²) in [7, 11) is 0. The van der Waals surface area contributed by atoms with Crippen molar-refractivity contribution in [2.45, 2.75) is 32.5 Å². The minimum absolute atomic E-state index is 0.108. The zero-order valence-corrected chi connectivity index (χ0v) is 15.3. The third kappa shape index (κ3) is 4.71. The van der Waals surface area contributed by atoms with Crippen molar-refractivity contribution in [3.8, 4) is 5.75 Å². The number of hydrogen-bond acceptors (Lipinski definition) is 5. The Labute approximate surface area is 162 Å². The van der Waals surface area contributed by atoms with Crippen molar-refractivity contribution in [2.24, 2.45) is 0 Å². The summed E-state index contributed by atoms with van der Waals surface area (Å²) in [6.45, 7) is 1.83. The first kappa shape index (κ1) is 20.3. The highest BCUT2D eigenvalue weighted by Crippen LogP contribution is 2.24. The number of hydrogen-bond donors (Lipinski definition) is 0. The molecule has 152 valence electrons. The number of ether oxygens (including phenoxy) is 1.